The number of nitrogens with one attached hydrogen (secondary N) is 1. The Hall–Kier alpha value is -3.07. The molecule has 0 atom stereocenters. The lowest BCUT2D eigenvalue weighted by atomic mass is 10.2. The third-order valence-corrected chi connectivity index (χ3v) is 6.59. The van der Waals surface area contributed by atoms with Crippen LogP contribution >= 0.6 is 23.2 Å². The standard InChI is InChI=1S/C22H15Cl2FN2O4S/c1-30-15-4-6-19-16(12-15)20(8-9-26-19)31-21-7-3-14(11-18(21)25)27-32(28,29)22-10-13(23)2-5-17(22)24/h2-12,27H,1H3. The number of hydrogen-bond acceptors (Lipinski definition) is 5. The largest absolute Gasteiger partial charge is 0.497 e. The summed E-state index contributed by atoms with van der Waals surface area (Å²) in [7, 11) is -2.55. The highest BCUT2D eigenvalue weighted by Gasteiger charge is 2.20. The molecule has 0 fully saturated rings. The predicted molar refractivity (Wildman–Crippen MR) is 122 cm³/mol. The number of benzene rings is 3. The minimum absolute atomic E-state index is 0.00727. The number of nitrogens with zero attached hydrogens (tertiary/aromatic N) is 1. The number of ether oxygens (including phenoxy) is 2. The van der Waals surface area contributed by atoms with Gasteiger partial charge in [0.15, 0.2) is 11.6 Å². The minimum Gasteiger partial charge on any atom is -0.497 e. The van der Waals surface area contributed by atoms with Crippen LogP contribution in [0.15, 0.2) is 71.8 Å². The van der Waals surface area contributed by atoms with Gasteiger partial charge in [0.25, 0.3) is 10.0 Å². The van der Waals surface area contributed by atoms with Crippen molar-refractivity contribution in [3.63, 3.8) is 0 Å². The van der Waals surface area contributed by atoms with E-state index in [4.69, 9.17) is 32.7 Å². The molecule has 0 aliphatic rings. The van der Waals surface area contributed by atoms with Crippen LogP contribution < -0.4 is 14.2 Å². The molecule has 10 heteroatoms. The summed E-state index contributed by atoms with van der Waals surface area (Å²) in [5, 5.41) is 0.819. The van der Waals surface area contributed by atoms with Crippen molar-refractivity contribution in [3.05, 3.63) is 82.7 Å². The average Bonchev–Trinajstić information content (AvgIpc) is 2.76. The Bertz CT molecular complexity index is 1430. The Balaban J connectivity index is 1.62. The molecule has 0 saturated heterocycles. The van der Waals surface area contributed by atoms with Crippen LogP contribution in [-0.4, -0.2) is 20.5 Å². The fraction of sp³-hybridized carbons (Fsp3) is 0.0455. The zero-order valence-corrected chi connectivity index (χ0v) is 18.8. The van der Waals surface area contributed by atoms with Gasteiger partial charge in [-0.1, -0.05) is 23.2 Å². The molecule has 6 nitrogen and oxygen atoms in total. The summed E-state index contributed by atoms with van der Waals surface area (Å²) in [5.74, 6) is 0.103. The van der Waals surface area contributed by atoms with Crippen molar-refractivity contribution < 1.29 is 22.3 Å². The van der Waals surface area contributed by atoms with E-state index in [0.29, 0.717) is 22.4 Å². The van der Waals surface area contributed by atoms with E-state index < -0.39 is 15.8 Å². The Morgan fingerprint density at radius 2 is 1.78 bits per heavy atom. The maximum Gasteiger partial charge on any atom is 0.263 e. The summed E-state index contributed by atoms with van der Waals surface area (Å²) < 4.78 is 53.3. The van der Waals surface area contributed by atoms with E-state index in [1.165, 1.54) is 37.4 Å². The summed E-state index contributed by atoms with van der Waals surface area (Å²) in [5.41, 5.74) is 0.638. The molecule has 0 bridgehead atoms. The van der Waals surface area contributed by atoms with Gasteiger partial charge in [0, 0.05) is 22.7 Å². The molecular formula is C22H15Cl2FN2O4S. The van der Waals surface area contributed by atoms with Gasteiger partial charge < -0.3 is 9.47 Å². The van der Waals surface area contributed by atoms with Gasteiger partial charge in [-0.2, -0.15) is 0 Å². The molecule has 32 heavy (non-hydrogen) atoms. The topological polar surface area (TPSA) is 77.5 Å². The Morgan fingerprint density at radius 3 is 2.53 bits per heavy atom. The number of aromatic nitrogens is 1. The van der Waals surface area contributed by atoms with E-state index in [0.717, 1.165) is 6.07 Å². The number of hydrogen-bond donors (Lipinski definition) is 1. The fourth-order valence-corrected chi connectivity index (χ4v) is 4.79. The highest BCUT2D eigenvalue weighted by Crippen LogP contribution is 2.34. The molecule has 4 rings (SSSR count). The van der Waals surface area contributed by atoms with Crippen molar-refractivity contribution in [2.24, 2.45) is 0 Å². The van der Waals surface area contributed by atoms with E-state index in [1.54, 1.807) is 30.5 Å². The van der Waals surface area contributed by atoms with Crippen molar-refractivity contribution in [3.8, 4) is 17.2 Å². The van der Waals surface area contributed by atoms with Crippen LogP contribution in [-0.2, 0) is 10.0 Å². The van der Waals surface area contributed by atoms with Crippen LogP contribution in [0.1, 0.15) is 0 Å². The molecule has 0 saturated carbocycles. The molecule has 1 N–H and O–H groups in total. The lowest BCUT2D eigenvalue weighted by molar-refractivity contribution is 0.415. The molecule has 0 aliphatic carbocycles. The number of rotatable bonds is 6. The molecule has 4 aromatic rings. The SMILES string of the molecule is COc1ccc2nccc(Oc3ccc(NS(=O)(=O)c4cc(Cl)ccc4Cl)cc3F)c2c1. The summed E-state index contributed by atoms with van der Waals surface area (Å²) >= 11 is 11.8. The third kappa shape index (κ3) is 4.57. The second-order valence-electron chi connectivity index (χ2n) is 6.62. The highest BCUT2D eigenvalue weighted by atomic mass is 35.5. The lowest BCUT2D eigenvalue weighted by Crippen LogP contribution is -2.13. The van der Waals surface area contributed by atoms with Gasteiger partial charge in [0.1, 0.15) is 16.4 Å². The first-order valence-corrected chi connectivity index (χ1v) is 11.4. The summed E-state index contributed by atoms with van der Waals surface area (Å²) in [6.07, 6.45) is 1.54. The normalized spacial score (nSPS) is 11.4. The maximum atomic E-state index is 14.8. The van der Waals surface area contributed by atoms with Crippen molar-refractivity contribution in [1.29, 1.82) is 0 Å². The zero-order valence-electron chi connectivity index (χ0n) is 16.5. The third-order valence-electron chi connectivity index (χ3n) is 4.50. The van der Waals surface area contributed by atoms with Gasteiger partial charge in [-0.15, -0.1) is 0 Å². The number of halogens is 3. The Morgan fingerprint density at radius 1 is 0.969 bits per heavy atom. The highest BCUT2D eigenvalue weighted by molar-refractivity contribution is 7.92. The minimum atomic E-state index is -4.09. The molecule has 3 aromatic carbocycles. The molecule has 0 amide bonds. The Kier molecular flexibility index (Phi) is 6.10. The van der Waals surface area contributed by atoms with Crippen molar-refractivity contribution >= 4 is 49.8 Å². The molecule has 0 radical (unpaired) electrons. The molecule has 0 spiro atoms. The van der Waals surface area contributed by atoms with E-state index in [1.807, 2.05) is 0 Å². The second kappa shape index (κ2) is 8.82. The van der Waals surface area contributed by atoms with Gasteiger partial charge in [-0.05, 0) is 54.6 Å². The van der Waals surface area contributed by atoms with Gasteiger partial charge in [0.05, 0.1) is 23.3 Å². The van der Waals surface area contributed by atoms with Crippen LogP contribution in [0.3, 0.4) is 0 Å². The average molecular weight is 493 g/mol. The molecule has 1 aromatic heterocycles. The number of methoxy groups -OCH3 is 1. The van der Waals surface area contributed by atoms with E-state index in [-0.39, 0.29) is 26.4 Å². The van der Waals surface area contributed by atoms with Crippen molar-refractivity contribution in [2.75, 3.05) is 11.8 Å². The van der Waals surface area contributed by atoms with Gasteiger partial charge in [0.2, 0.25) is 0 Å². The zero-order chi connectivity index (χ0) is 22.9. The van der Waals surface area contributed by atoms with Crippen LogP contribution in [0.5, 0.6) is 17.2 Å². The van der Waals surface area contributed by atoms with Crippen LogP contribution in [0, 0.1) is 5.82 Å². The smallest absolute Gasteiger partial charge is 0.263 e. The van der Waals surface area contributed by atoms with E-state index in [2.05, 4.69) is 9.71 Å². The first kappa shape index (κ1) is 22.1. The first-order chi connectivity index (χ1) is 15.3. The van der Waals surface area contributed by atoms with Crippen molar-refractivity contribution in [1.82, 2.24) is 4.98 Å². The van der Waals surface area contributed by atoms with Crippen LogP contribution in [0.4, 0.5) is 10.1 Å². The maximum absolute atomic E-state index is 14.8. The molecule has 0 unspecified atom stereocenters. The van der Waals surface area contributed by atoms with Crippen LogP contribution in [0.25, 0.3) is 10.9 Å². The summed E-state index contributed by atoms with van der Waals surface area (Å²) in [6.45, 7) is 0. The number of pyridine rings is 1. The Labute approximate surface area is 193 Å². The van der Waals surface area contributed by atoms with Gasteiger partial charge in [-0.25, -0.2) is 12.8 Å². The molecular weight excluding hydrogens is 478 g/mol. The van der Waals surface area contributed by atoms with E-state index >= 15 is 0 Å². The number of anilines is 1. The monoisotopic (exact) mass is 492 g/mol. The van der Waals surface area contributed by atoms with E-state index in [9.17, 15) is 12.8 Å². The van der Waals surface area contributed by atoms with Gasteiger partial charge in [-0.3, -0.25) is 9.71 Å². The molecule has 0 aliphatic heterocycles. The van der Waals surface area contributed by atoms with Crippen molar-refractivity contribution in [2.45, 2.75) is 4.90 Å². The molecule has 164 valence electrons. The van der Waals surface area contributed by atoms with Crippen LogP contribution in [0.2, 0.25) is 10.0 Å². The lowest BCUT2D eigenvalue weighted by Gasteiger charge is -2.13. The summed E-state index contributed by atoms with van der Waals surface area (Å²) in [6, 6.07) is 14.6. The summed E-state index contributed by atoms with van der Waals surface area (Å²) in [4.78, 5) is 4.03. The number of fused-ring (bicyclic) bond motifs is 1. The quantitative estimate of drug-likeness (QED) is 0.342. The molecule has 1 heterocycles. The number of sulfonamides is 1. The first-order valence-electron chi connectivity index (χ1n) is 9.15. The fourth-order valence-electron chi connectivity index (χ4n) is 2.97. The van der Waals surface area contributed by atoms with Gasteiger partial charge >= 0.3 is 0 Å². The second-order valence-corrected chi connectivity index (χ2v) is 9.11. The predicted octanol–water partition coefficient (Wildman–Crippen LogP) is 6.28.